The maximum atomic E-state index is 12.3. The quantitative estimate of drug-likeness (QED) is 0.546. The van der Waals surface area contributed by atoms with Crippen molar-refractivity contribution >= 4 is 35.0 Å². The Morgan fingerprint density at radius 1 is 1.14 bits per heavy atom. The molecule has 1 aliphatic heterocycles. The summed E-state index contributed by atoms with van der Waals surface area (Å²) in [5, 5.41) is -0.486. The molecule has 1 fully saturated rings. The molecule has 0 radical (unpaired) electrons. The molecule has 0 N–H and O–H groups in total. The molecule has 0 spiro atoms. The van der Waals surface area contributed by atoms with Crippen molar-refractivity contribution in [3.8, 4) is 5.75 Å². The molecular formula is C21H19NO5S. The van der Waals surface area contributed by atoms with Crippen LogP contribution in [0.2, 0.25) is 0 Å². The Labute approximate surface area is 167 Å². The normalized spacial score (nSPS) is 15.2. The maximum absolute atomic E-state index is 12.3. The van der Waals surface area contributed by atoms with Gasteiger partial charge in [-0.1, -0.05) is 42.0 Å². The van der Waals surface area contributed by atoms with E-state index < -0.39 is 17.1 Å². The SMILES string of the molecule is COC(=O)CN1C(=O)S/C(=C\c2ccc(OCc3cccc(C)c3)cc2)C1=O. The number of thioether (sulfide) groups is 1. The van der Waals surface area contributed by atoms with Crippen molar-refractivity contribution in [1.82, 2.24) is 4.90 Å². The number of imide groups is 1. The number of ether oxygens (including phenoxy) is 2. The largest absolute Gasteiger partial charge is 0.489 e. The van der Waals surface area contributed by atoms with E-state index in [4.69, 9.17) is 4.74 Å². The average Bonchev–Trinajstić information content (AvgIpc) is 2.94. The highest BCUT2D eigenvalue weighted by atomic mass is 32.2. The Hall–Kier alpha value is -3.06. The van der Waals surface area contributed by atoms with Gasteiger partial charge in [0.1, 0.15) is 18.9 Å². The summed E-state index contributed by atoms with van der Waals surface area (Å²) < 4.78 is 10.3. The third-order valence-corrected chi connectivity index (χ3v) is 4.96. The molecule has 6 nitrogen and oxygen atoms in total. The summed E-state index contributed by atoms with van der Waals surface area (Å²) in [7, 11) is 1.21. The predicted molar refractivity (Wildman–Crippen MR) is 107 cm³/mol. The third-order valence-electron chi connectivity index (χ3n) is 4.05. The van der Waals surface area contributed by atoms with E-state index in [9.17, 15) is 14.4 Å². The number of nitrogens with zero attached hydrogens (tertiary/aromatic N) is 1. The first kappa shape index (κ1) is 19.7. The van der Waals surface area contributed by atoms with Crippen LogP contribution in [0.5, 0.6) is 5.75 Å². The number of carbonyl (C=O) groups is 3. The molecule has 0 saturated carbocycles. The molecule has 1 heterocycles. The summed E-state index contributed by atoms with van der Waals surface area (Å²) >= 11 is 0.802. The molecule has 28 heavy (non-hydrogen) atoms. The van der Waals surface area contributed by atoms with Crippen molar-refractivity contribution in [2.45, 2.75) is 13.5 Å². The lowest BCUT2D eigenvalue weighted by Crippen LogP contribution is -2.34. The van der Waals surface area contributed by atoms with Crippen LogP contribution < -0.4 is 4.74 Å². The number of carbonyl (C=O) groups excluding carboxylic acids is 3. The fourth-order valence-corrected chi connectivity index (χ4v) is 3.45. The standard InChI is InChI=1S/C21H19NO5S/c1-14-4-3-5-16(10-14)13-27-17-8-6-15(7-9-17)11-18-20(24)22(21(25)28-18)12-19(23)26-2/h3-11H,12-13H2,1-2H3/b18-11-. The summed E-state index contributed by atoms with van der Waals surface area (Å²) in [6.45, 7) is 2.11. The molecule has 2 aromatic carbocycles. The van der Waals surface area contributed by atoms with Gasteiger partial charge in [-0.25, -0.2) is 0 Å². The van der Waals surface area contributed by atoms with Crippen molar-refractivity contribution in [2.75, 3.05) is 13.7 Å². The molecule has 3 rings (SSSR count). The van der Waals surface area contributed by atoms with Crippen molar-refractivity contribution in [3.05, 3.63) is 70.1 Å². The number of amides is 2. The minimum absolute atomic E-state index is 0.266. The maximum Gasteiger partial charge on any atom is 0.325 e. The lowest BCUT2D eigenvalue weighted by Gasteiger charge is -2.09. The van der Waals surface area contributed by atoms with Gasteiger partial charge in [0.15, 0.2) is 0 Å². The second kappa shape index (κ2) is 8.75. The van der Waals surface area contributed by atoms with Crippen LogP contribution in [0.25, 0.3) is 6.08 Å². The van der Waals surface area contributed by atoms with Crippen LogP contribution in [0.15, 0.2) is 53.4 Å². The molecule has 0 aliphatic carbocycles. The topological polar surface area (TPSA) is 72.9 Å². The van der Waals surface area contributed by atoms with E-state index in [0.717, 1.165) is 27.8 Å². The number of aryl methyl sites for hydroxylation is 1. The molecule has 0 aromatic heterocycles. The summed E-state index contributed by atoms with van der Waals surface area (Å²) in [4.78, 5) is 36.7. The number of rotatable bonds is 6. The lowest BCUT2D eigenvalue weighted by atomic mass is 10.1. The molecule has 144 valence electrons. The van der Waals surface area contributed by atoms with Crippen LogP contribution in [-0.4, -0.2) is 35.7 Å². The molecular weight excluding hydrogens is 378 g/mol. The van der Waals surface area contributed by atoms with Crippen molar-refractivity contribution in [1.29, 1.82) is 0 Å². The fraction of sp³-hybridized carbons (Fsp3) is 0.190. The van der Waals surface area contributed by atoms with Crippen molar-refractivity contribution < 1.29 is 23.9 Å². The van der Waals surface area contributed by atoms with E-state index in [2.05, 4.69) is 10.8 Å². The van der Waals surface area contributed by atoms with Gasteiger partial charge in [-0.05, 0) is 48.0 Å². The predicted octanol–water partition coefficient (Wildman–Crippen LogP) is 3.78. The lowest BCUT2D eigenvalue weighted by molar-refractivity contribution is -0.143. The number of benzene rings is 2. The summed E-state index contributed by atoms with van der Waals surface area (Å²) in [5.74, 6) is -0.434. The van der Waals surface area contributed by atoms with Gasteiger partial charge < -0.3 is 9.47 Å². The molecule has 2 amide bonds. The third kappa shape index (κ3) is 4.80. The number of methoxy groups -OCH3 is 1. The van der Waals surface area contributed by atoms with Crippen LogP contribution in [0.3, 0.4) is 0 Å². The van der Waals surface area contributed by atoms with Gasteiger partial charge in [0.05, 0.1) is 12.0 Å². The monoisotopic (exact) mass is 397 g/mol. The number of hydrogen-bond donors (Lipinski definition) is 0. The highest BCUT2D eigenvalue weighted by Gasteiger charge is 2.36. The van der Waals surface area contributed by atoms with Crippen LogP contribution in [-0.2, 0) is 20.9 Å². The Balaban J connectivity index is 1.64. The average molecular weight is 397 g/mol. The second-order valence-corrected chi connectivity index (χ2v) is 7.18. The summed E-state index contributed by atoms with van der Waals surface area (Å²) in [6, 6.07) is 15.3. The molecule has 0 unspecified atom stereocenters. The van der Waals surface area contributed by atoms with Gasteiger partial charge in [-0.3, -0.25) is 19.3 Å². The molecule has 0 bridgehead atoms. The zero-order valence-electron chi connectivity index (χ0n) is 15.5. The number of hydrogen-bond acceptors (Lipinski definition) is 6. The molecule has 2 aromatic rings. The Kier molecular flexibility index (Phi) is 6.16. The van der Waals surface area contributed by atoms with Gasteiger partial charge >= 0.3 is 5.97 Å². The first-order valence-electron chi connectivity index (χ1n) is 8.57. The Morgan fingerprint density at radius 3 is 2.57 bits per heavy atom. The van der Waals surface area contributed by atoms with Crippen LogP contribution >= 0.6 is 11.8 Å². The first-order valence-corrected chi connectivity index (χ1v) is 9.38. The van der Waals surface area contributed by atoms with E-state index in [-0.39, 0.29) is 11.4 Å². The van der Waals surface area contributed by atoms with Crippen molar-refractivity contribution in [2.24, 2.45) is 0 Å². The summed E-state index contributed by atoms with van der Waals surface area (Å²) in [6.07, 6.45) is 1.62. The molecule has 1 aliphatic rings. The van der Waals surface area contributed by atoms with Crippen LogP contribution in [0, 0.1) is 6.92 Å². The second-order valence-electron chi connectivity index (χ2n) is 6.19. The van der Waals surface area contributed by atoms with E-state index in [1.54, 1.807) is 30.3 Å². The Morgan fingerprint density at radius 2 is 1.89 bits per heavy atom. The zero-order chi connectivity index (χ0) is 20.1. The van der Waals surface area contributed by atoms with Gasteiger partial charge in [0, 0.05) is 0 Å². The minimum Gasteiger partial charge on any atom is -0.489 e. The minimum atomic E-state index is -0.640. The number of esters is 1. The zero-order valence-corrected chi connectivity index (χ0v) is 16.3. The van der Waals surface area contributed by atoms with Gasteiger partial charge in [-0.15, -0.1) is 0 Å². The van der Waals surface area contributed by atoms with E-state index in [1.807, 2.05) is 25.1 Å². The van der Waals surface area contributed by atoms with Crippen LogP contribution in [0.1, 0.15) is 16.7 Å². The fourth-order valence-electron chi connectivity index (χ4n) is 2.61. The van der Waals surface area contributed by atoms with E-state index >= 15 is 0 Å². The van der Waals surface area contributed by atoms with E-state index in [1.165, 1.54) is 12.7 Å². The molecule has 7 heteroatoms. The van der Waals surface area contributed by atoms with Crippen molar-refractivity contribution in [3.63, 3.8) is 0 Å². The molecule has 0 atom stereocenters. The highest BCUT2D eigenvalue weighted by Crippen LogP contribution is 2.32. The summed E-state index contributed by atoms with van der Waals surface area (Å²) in [5.41, 5.74) is 3.02. The van der Waals surface area contributed by atoms with E-state index in [0.29, 0.717) is 12.4 Å². The molecule has 1 saturated heterocycles. The van der Waals surface area contributed by atoms with Gasteiger partial charge in [0.25, 0.3) is 11.1 Å². The first-order chi connectivity index (χ1) is 13.5. The highest BCUT2D eigenvalue weighted by molar-refractivity contribution is 8.18. The smallest absolute Gasteiger partial charge is 0.325 e. The van der Waals surface area contributed by atoms with Gasteiger partial charge in [0.2, 0.25) is 0 Å². The Bertz CT molecular complexity index is 936. The van der Waals surface area contributed by atoms with Crippen LogP contribution in [0.4, 0.5) is 4.79 Å². The van der Waals surface area contributed by atoms with Gasteiger partial charge in [-0.2, -0.15) is 0 Å².